The highest BCUT2D eigenvalue weighted by molar-refractivity contribution is 5.80. The average Bonchev–Trinajstić information content (AvgIpc) is 3.39. The number of carbonyl (C=O) groups is 1. The molecule has 2 saturated heterocycles. The summed E-state index contributed by atoms with van der Waals surface area (Å²) in [6.45, 7) is 6.19. The highest BCUT2D eigenvalue weighted by Crippen LogP contribution is 2.19. The van der Waals surface area contributed by atoms with E-state index in [1.54, 1.807) is 6.26 Å². The largest absolute Gasteiger partial charge is 0.469 e. The SMILES string of the molecule is CCOC(=O)C1CCN(C(=NCC2CCCO2)NCCc2ccco2)CC1. The van der Waals surface area contributed by atoms with E-state index in [9.17, 15) is 4.79 Å². The third-order valence-electron chi connectivity index (χ3n) is 5.12. The molecule has 0 aliphatic carbocycles. The lowest BCUT2D eigenvalue weighted by atomic mass is 9.97. The van der Waals surface area contributed by atoms with Gasteiger partial charge in [-0.15, -0.1) is 0 Å². The average molecular weight is 377 g/mol. The lowest BCUT2D eigenvalue weighted by Crippen LogP contribution is -2.47. The van der Waals surface area contributed by atoms with Crippen LogP contribution in [0.15, 0.2) is 27.8 Å². The van der Waals surface area contributed by atoms with Crippen LogP contribution in [0, 0.1) is 5.92 Å². The van der Waals surface area contributed by atoms with Gasteiger partial charge in [0.1, 0.15) is 5.76 Å². The van der Waals surface area contributed by atoms with E-state index < -0.39 is 0 Å². The Balaban J connectivity index is 1.53. The standard InChI is InChI=1S/C20H31N3O4/c1-2-25-19(24)16-8-11-23(12-9-16)20(22-15-18-6-4-14-27-18)21-10-7-17-5-3-13-26-17/h3,5,13,16,18H,2,4,6-12,14-15H2,1H3,(H,21,22). The molecule has 7 heteroatoms. The Morgan fingerprint density at radius 2 is 2.22 bits per heavy atom. The number of hydrogen-bond donors (Lipinski definition) is 1. The Kier molecular flexibility index (Phi) is 7.56. The number of ether oxygens (including phenoxy) is 2. The molecule has 0 bridgehead atoms. The fraction of sp³-hybridized carbons (Fsp3) is 0.700. The van der Waals surface area contributed by atoms with Gasteiger partial charge in [-0.25, -0.2) is 0 Å². The molecule has 150 valence electrons. The second-order valence-electron chi connectivity index (χ2n) is 7.07. The summed E-state index contributed by atoms with van der Waals surface area (Å²) in [5.41, 5.74) is 0. The van der Waals surface area contributed by atoms with Crippen LogP contribution in [0.5, 0.6) is 0 Å². The predicted molar refractivity (Wildman–Crippen MR) is 103 cm³/mol. The number of hydrogen-bond acceptors (Lipinski definition) is 5. The molecule has 1 atom stereocenters. The van der Waals surface area contributed by atoms with Crippen molar-refractivity contribution in [3.8, 4) is 0 Å². The number of carbonyl (C=O) groups excluding carboxylic acids is 1. The highest BCUT2D eigenvalue weighted by Gasteiger charge is 2.27. The van der Waals surface area contributed by atoms with E-state index in [0.29, 0.717) is 13.2 Å². The molecule has 3 heterocycles. The molecule has 0 radical (unpaired) electrons. The topological polar surface area (TPSA) is 76.3 Å². The molecule has 0 amide bonds. The van der Waals surface area contributed by atoms with Crippen LogP contribution in [0.25, 0.3) is 0 Å². The summed E-state index contributed by atoms with van der Waals surface area (Å²) in [7, 11) is 0. The second kappa shape index (κ2) is 10.3. The van der Waals surface area contributed by atoms with Crippen molar-refractivity contribution in [3.63, 3.8) is 0 Å². The van der Waals surface area contributed by atoms with Gasteiger partial charge >= 0.3 is 5.97 Å². The van der Waals surface area contributed by atoms with E-state index in [2.05, 4.69) is 10.2 Å². The van der Waals surface area contributed by atoms with Crippen molar-refractivity contribution < 1.29 is 18.7 Å². The Morgan fingerprint density at radius 3 is 2.89 bits per heavy atom. The van der Waals surface area contributed by atoms with Crippen LogP contribution >= 0.6 is 0 Å². The van der Waals surface area contributed by atoms with Crippen LogP contribution in [0.4, 0.5) is 0 Å². The zero-order chi connectivity index (χ0) is 18.9. The fourth-order valence-corrected chi connectivity index (χ4v) is 3.58. The maximum absolute atomic E-state index is 12.0. The molecule has 3 rings (SSSR count). The van der Waals surface area contributed by atoms with Gasteiger partial charge in [0.15, 0.2) is 5.96 Å². The first-order valence-electron chi connectivity index (χ1n) is 10.1. The molecule has 7 nitrogen and oxygen atoms in total. The first-order valence-corrected chi connectivity index (χ1v) is 10.1. The van der Waals surface area contributed by atoms with Crippen molar-refractivity contribution >= 4 is 11.9 Å². The smallest absolute Gasteiger partial charge is 0.309 e. The van der Waals surface area contributed by atoms with Crippen molar-refractivity contribution in [1.82, 2.24) is 10.2 Å². The third kappa shape index (κ3) is 5.99. The summed E-state index contributed by atoms with van der Waals surface area (Å²) >= 11 is 0. The summed E-state index contributed by atoms with van der Waals surface area (Å²) in [5, 5.41) is 3.47. The van der Waals surface area contributed by atoms with Gasteiger partial charge in [-0.1, -0.05) is 0 Å². The minimum atomic E-state index is -0.0687. The molecule has 2 aliphatic heterocycles. The zero-order valence-corrected chi connectivity index (χ0v) is 16.2. The van der Waals surface area contributed by atoms with Gasteiger partial charge in [0.25, 0.3) is 0 Å². The third-order valence-corrected chi connectivity index (χ3v) is 5.12. The Morgan fingerprint density at radius 1 is 1.37 bits per heavy atom. The number of rotatable bonds is 7. The summed E-state index contributed by atoms with van der Waals surface area (Å²) < 4.78 is 16.3. The molecule has 0 spiro atoms. The van der Waals surface area contributed by atoms with Gasteiger partial charge in [0, 0.05) is 32.7 Å². The minimum absolute atomic E-state index is 0.00346. The van der Waals surface area contributed by atoms with E-state index in [-0.39, 0.29) is 18.0 Å². The van der Waals surface area contributed by atoms with Crippen molar-refractivity contribution in [2.24, 2.45) is 10.9 Å². The number of aliphatic imine (C=N–C) groups is 1. The summed E-state index contributed by atoms with van der Waals surface area (Å²) in [4.78, 5) is 19.0. The molecule has 1 unspecified atom stereocenters. The van der Waals surface area contributed by atoms with Gasteiger partial charge < -0.3 is 24.1 Å². The number of likely N-dealkylation sites (tertiary alicyclic amines) is 1. The van der Waals surface area contributed by atoms with Crippen molar-refractivity contribution in [1.29, 1.82) is 0 Å². The molecule has 1 N–H and O–H groups in total. The summed E-state index contributed by atoms with van der Waals surface area (Å²) in [6, 6.07) is 3.89. The van der Waals surface area contributed by atoms with Crippen LogP contribution in [0.1, 0.15) is 38.4 Å². The van der Waals surface area contributed by atoms with Gasteiger partial charge in [0.2, 0.25) is 0 Å². The normalized spacial score (nSPS) is 21.4. The molecule has 27 heavy (non-hydrogen) atoms. The molecular weight excluding hydrogens is 346 g/mol. The van der Waals surface area contributed by atoms with Crippen LogP contribution < -0.4 is 5.32 Å². The minimum Gasteiger partial charge on any atom is -0.469 e. The summed E-state index contributed by atoms with van der Waals surface area (Å²) in [5.74, 6) is 1.80. The van der Waals surface area contributed by atoms with E-state index in [4.69, 9.17) is 18.9 Å². The molecule has 0 aromatic carbocycles. The number of guanidine groups is 1. The number of furan rings is 1. The Labute approximate surface area is 161 Å². The van der Waals surface area contributed by atoms with Crippen molar-refractivity contribution in [3.05, 3.63) is 24.2 Å². The van der Waals surface area contributed by atoms with Crippen LogP contribution in [0.2, 0.25) is 0 Å². The second-order valence-corrected chi connectivity index (χ2v) is 7.07. The van der Waals surface area contributed by atoms with Gasteiger partial charge in [-0.05, 0) is 44.7 Å². The lowest BCUT2D eigenvalue weighted by molar-refractivity contribution is -0.149. The Bertz CT molecular complexity index is 588. The van der Waals surface area contributed by atoms with E-state index >= 15 is 0 Å². The molecule has 2 fully saturated rings. The zero-order valence-electron chi connectivity index (χ0n) is 16.2. The maximum Gasteiger partial charge on any atom is 0.309 e. The first kappa shape index (κ1) is 19.7. The number of nitrogens with zero attached hydrogens (tertiary/aromatic N) is 2. The summed E-state index contributed by atoms with van der Waals surface area (Å²) in [6.07, 6.45) is 6.53. The lowest BCUT2D eigenvalue weighted by Gasteiger charge is -2.33. The molecule has 1 aromatic heterocycles. The number of piperidine rings is 1. The molecule has 0 saturated carbocycles. The van der Waals surface area contributed by atoms with Crippen molar-refractivity contribution in [2.75, 3.05) is 39.4 Å². The van der Waals surface area contributed by atoms with Gasteiger partial charge in [0.05, 0.1) is 31.4 Å². The maximum atomic E-state index is 12.0. The monoisotopic (exact) mass is 377 g/mol. The van der Waals surface area contributed by atoms with Gasteiger partial charge in [-0.2, -0.15) is 0 Å². The van der Waals surface area contributed by atoms with Crippen molar-refractivity contribution in [2.45, 2.75) is 45.1 Å². The van der Waals surface area contributed by atoms with E-state index in [0.717, 1.165) is 70.1 Å². The van der Waals surface area contributed by atoms with Gasteiger partial charge in [-0.3, -0.25) is 9.79 Å². The number of esters is 1. The molecule has 2 aliphatic rings. The first-order chi connectivity index (χ1) is 13.3. The van der Waals surface area contributed by atoms with E-state index in [1.807, 2.05) is 19.1 Å². The van der Waals surface area contributed by atoms with E-state index in [1.165, 1.54) is 0 Å². The van der Waals surface area contributed by atoms with Crippen LogP contribution in [-0.2, 0) is 20.7 Å². The number of nitrogens with one attached hydrogen (secondary N) is 1. The quantitative estimate of drug-likeness (QED) is 0.446. The van der Waals surface area contributed by atoms with Crippen LogP contribution in [-0.4, -0.2) is 62.3 Å². The molecular formula is C20H31N3O4. The predicted octanol–water partition coefficient (Wildman–Crippen LogP) is 2.22. The molecule has 1 aromatic rings. The highest BCUT2D eigenvalue weighted by atomic mass is 16.5. The van der Waals surface area contributed by atoms with Crippen LogP contribution in [0.3, 0.4) is 0 Å². The fourth-order valence-electron chi connectivity index (χ4n) is 3.58. The Hall–Kier alpha value is -2.02.